The number of carbonyl (C=O) groups is 5. The van der Waals surface area contributed by atoms with Crippen LogP contribution in [0.4, 0.5) is 21.0 Å². The molecule has 0 aliphatic heterocycles. The molecule has 0 aliphatic carbocycles. The Labute approximate surface area is 397 Å². The summed E-state index contributed by atoms with van der Waals surface area (Å²) in [5.74, 6) is -1.53. The zero-order chi connectivity index (χ0) is 50.1. The first-order valence-corrected chi connectivity index (χ1v) is 22.0. The van der Waals surface area contributed by atoms with Gasteiger partial charge in [-0.05, 0) is 60.7 Å². The van der Waals surface area contributed by atoms with Crippen LogP contribution in [0.5, 0.6) is 5.75 Å². The van der Waals surface area contributed by atoms with E-state index in [2.05, 4.69) is 36.3 Å². The summed E-state index contributed by atoms with van der Waals surface area (Å²) in [5.41, 5.74) is 14.2. The minimum Gasteiger partial charge on any atom is -0.426 e. The first kappa shape index (κ1) is 56.4. The number of nitrogens with zero attached hydrogens (tertiary/aromatic N) is 6. The molecule has 2 aromatic carbocycles. The highest BCUT2D eigenvalue weighted by Gasteiger charge is 2.29. The number of urea groups is 1. The number of hydrogen-bond donors (Lipinski definition) is 5. The molecular formula is C43H61N11O15. The highest BCUT2D eigenvalue weighted by molar-refractivity contribution is 5.98. The summed E-state index contributed by atoms with van der Waals surface area (Å²) < 4.78 is 44.4. The second kappa shape index (κ2) is 33.5. The van der Waals surface area contributed by atoms with E-state index in [0.717, 1.165) is 0 Å². The Kier molecular flexibility index (Phi) is 27.4. The number of non-ortho nitro benzene ring substituents is 1. The SMILES string of the molecule is CC(C)[C@H](NC(=O)CCOCCOCCOCCOCCOCCOCCN=[N+]=[N-])C(=O)N[C@@H](CCCNC(N)=O)C(=O)Nc1ccc(-n2ccnc2COC(=O)Oc2ccc([N+](=O)[O-])cc2)cc1. The van der Waals surface area contributed by atoms with Gasteiger partial charge in [0.15, 0.2) is 12.4 Å². The van der Waals surface area contributed by atoms with E-state index >= 15 is 0 Å². The Balaban J connectivity index is 1.38. The summed E-state index contributed by atoms with van der Waals surface area (Å²) >= 11 is 0. The van der Waals surface area contributed by atoms with E-state index in [-0.39, 0.29) is 76.1 Å². The predicted molar refractivity (Wildman–Crippen MR) is 245 cm³/mol. The molecule has 1 aromatic heterocycles. The van der Waals surface area contributed by atoms with Gasteiger partial charge in [-0.3, -0.25) is 24.5 Å². The molecule has 69 heavy (non-hydrogen) atoms. The number of rotatable bonds is 36. The van der Waals surface area contributed by atoms with Crippen molar-refractivity contribution in [2.45, 2.75) is 51.8 Å². The lowest BCUT2D eigenvalue weighted by molar-refractivity contribution is -0.384. The minimum atomic E-state index is -1.07. The van der Waals surface area contributed by atoms with Crippen molar-refractivity contribution in [3.63, 3.8) is 0 Å². The van der Waals surface area contributed by atoms with Gasteiger partial charge in [0, 0.05) is 60.3 Å². The quantitative estimate of drug-likeness (QED) is 0.00815. The van der Waals surface area contributed by atoms with Crippen molar-refractivity contribution in [2.24, 2.45) is 16.8 Å². The highest BCUT2D eigenvalue weighted by Crippen LogP contribution is 2.19. The van der Waals surface area contributed by atoms with Crippen LogP contribution in [0.3, 0.4) is 0 Å². The van der Waals surface area contributed by atoms with Crippen LogP contribution in [0.15, 0.2) is 66.0 Å². The molecule has 0 radical (unpaired) electrons. The molecule has 5 amide bonds. The molecule has 0 saturated heterocycles. The third-order valence-corrected chi connectivity index (χ3v) is 9.30. The number of imidazole rings is 1. The standard InChI is InChI=1S/C43H61N11O15/c1-31(2)39(51-38(55)13-18-62-20-22-64-24-26-66-28-29-67-27-25-65-23-21-63-19-16-48-52-45)41(57)50-36(4-3-14-47-42(44)58)40(56)49-32-5-7-33(8-6-32)53-17-15-46-37(53)30-68-43(59)69-35-11-9-34(10-12-35)54(60)61/h5-12,15,17,31,36,39H,3-4,13-14,16,18-30H2,1-2H3,(H,49,56)(H,50,57)(H,51,55)(H3,44,47,58)/t36-,39-/m0/s1. The molecular weight excluding hydrogens is 911 g/mol. The van der Waals surface area contributed by atoms with E-state index in [1.54, 1.807) is 48.9 Å². The van der Waals surface area contributed by atoms with Crippen LogP contribution >= 0.6 is 0 Å². The lowest BCUT2D eigenvalue weighted by atomic mass is 10.0. The van der Waals surface area contributed by atoms with Crippen LogP contribution in [-0.4, -0.2) is 149 Å². The second-order valence-electron chi connectivity index (χ2n) is 14.8. The maximum absolute atomic E-state index is 13.6. The summed E-state index contributed by atoms with van der Waals surface area (Å²) in [7, 11) is 0. The maximum Gasteiger partial charge on any atom is 0.514 e. The molecule has 3 aromatic rings. The Morgan fingerprint density at radius 2 is 1.39 bits per heavy atom. The molecule has 378 valence electrons. The molecule has 0 bridgehead atoms. The number of benzene rings is 2. The number of carbonyl (C=O) groups excluding carboxylic acids is 5. The molecule has 2 atom stereocenters. The van der Waals surface area contributed by atoms with Crippen molar-refractivity contribution < 1.29 is 66.8 Å². The first-order chi connectivity index (χ1) is 33.4. The fourth-order valence-corrected chi connectivity index (χ4v) is 5.84. The van der Waals surface area contributed by atoms with Gasteiger partial charge in [0.2, 0.25) is 17.7 Å². The number of nitrogens with two attached hydrogens (primary N) is 1. The van der Waals surface area contributed by atoms with Crippen molar-refractivity contribution in [3.05, 3.63) is 87.3 Å². The van der Waals surface area contributed by atoms with E-state index in [1.807, 2.05) is 0 Å². The summed E-state index contributed by atoms with van der Waals surface area (Å²) in [6, 6.07) is 8.71. The van der Waals surface area contributed by atoms with Crippen LogP contribution < -0.4 is 31.7 Å². The molecule has 3 rings (SSSR count). The van der Waals surface area contributed by atoms with Gasteiger partial charge < -0.3 is 69.5 Å². The molecule has 26 heteroatoms. The van der Waals surface area contributed by atoms with Gasteiger partial charge >= 0.3 is 12.2 Å². The number of primary amides is 1. The normalized spacial score (nSPS) is 11.8. The number of amides is 5. The Morgan fingerprint density at radius 1 is 0.812 bits per heavy atom. The van der Waals surface area contributed by atoms with E-state index in [4.69, 9.17) is 49.2 Å². The van der Waals surface area contributed by atoms with E-state index in [9.17, 15) is 34.1 Å². The summed E-state index contributed by atoms with van der Waals surface area (Å²) in [6.45, 7) is 7.74. The average Bonchev–Trinajstić information content (AvgIpc) is 3.80. The van der Waals surface area contributed by atoms with Gasteiger partial charge in [0.05, 0.1) is 84.2 Å². The van der Waals surface area contributed by atoms with Gasteiger partial charge in [-0.25, -0.2) is 14.6 Å². The van der Waals surface area contributed by atoms with E-state index in [1.165, 1.54) is 30.5 Å². The largest absolute Gasteiger partial charge is 0.514 e. The topological polar surface area (TPSA) is 343 Å². The Morgan fingerprint density at radius 3 is 1.94 bits per heavy atom. The lowest BCUT2D eigenvalue weighted by Gasteiger charge is -2.25. The van der Waals surface area contributed by atoms with E-state index < -0.39 is 46.9 Å². The number of nitro groups is 1. The Bertz CT molecular complexity index is 2070. The number of ether oxygens (including phenoxy) is 8. The number of aromatic nitrogens is 2. The molecule has 1 heterocycles. The summed E-state index contributed by atoms with van der Waals surface area (Å²) in [5, 5.41) is 25.0. The number of nitrogens with one attached hydrogen (secondary N) is 4. The number of hydrogen-bond acceptors (Lipinski definition) is 17. The van der Waals surface area contributed by atoms with Crippen molar-refractivity contribution in [1.29, 1.82) is 0 Å². The average molecular weight is 972 g/mol. The fraction of sp³-hybridized carbons (Fsp3) is 0.535. The zero-order valence-electron chi connectivity index (χ0n) is 38.6. The van der Waals surface area contributed by atoms with Crippen LogP contribution in [0.2, 0.25) is 0 Å². The number of nitro benzene ring substituents is 1. The predicted octanol–water partition coefficient (Wildman–Crippen LogP) is 3.31. The molecule has 0 saturated carbocycles. The molecule has 0 spiro atoms. The van der Waals surface area contributed by atoms with Crippen LogP contribution in [0, 0.1) is 16.0 Å². The third kappa shape index (κ3) is 24.1. The molecule has 0 fully saturated rings. The van der Waals surface area contributed by atoms with Crippen LogP contribution in [0.1, 0.15) is 38.9 Å². The smallest absolute Gasteiger partial charge is 0.426 e. The summed E-state index contributed by atoms with van der Waals surface area (Å²) in [6.07, 6.45) is 2.45. The van der Waals surface area contributed by atoms with Crippen molar-refractivity contribution >= 4 is 41.3 Å². The van der Waals surface area contributed by atoms with Gasteiger partial charge in [-0.1, -0.05) is 19.0 Å². The van der Waals surface area contributed by atoms with Gasteiger partial charge in [-0.2, -0.15) is 0 Å². The van der Waals surface area contributed by atoms with Gasteiger partial charge in [-0.15, -0.1) is 0 Å². The van der Waals surface area contributed by atoms with Crippen molar-refractivity contribution in [1.82, 2.24) is 25.5 Å². The number of azide groups is 1. The van der Waals surface area contributed by atoms with Crippen molar-refractivity contribution in [2.75, 3.05) is 97.7 Å². The molecule has 26 nitrogen and oxygen atoms in total. The second-order valence-corrected chi connectivity index (χ2v) is 14.8. The lowest BCUT2D eigenvalue weighted by Crippen LogP contribution is -2.54. The van der Waals surface area contributed by atoms with Gasteiger partial charge in [0.25, 0.3) is 5.69 Å². The van der Waals surface area contributed by atoms with Crippen LogP contribution in [0.25, 0.3) is 16.1 Å². The molecule has 6 N–H and O–H groups in total. The molecule has 0 unspecified atom stereocenters. The van der Waals surface area contributed by atoms with Crippen molar-refractivity contribution in [3.8, 4) is 11.4 Å². The maximum atomic E-state index is 13.6. The van der Waals surface area contributed by atoms with E-state index in [0.29, 0.717) is 76.7 Å². The van der Waals surface area contributed by atoms with Gasteiger partial charge in [0.1, 0.15) is 17.8 Å². The Hall–Kier alpha value is -6.93. The minimum absolute atomic E-state index is 0.0274. The molecule has 0 aliphatic rings. The highest BCUT2D eigenvalue weighted by atomic mass is 16.7. The third-order valence-electron chi connectivity index (χ3n) is 9.30. The summed E-state index contributed by atoms with van der Waals surface area (Å²) in [4.78, 5) is 80.7. The first-order valence-electron chi connectivity index (χ1n) is 22.0. The number of anilines is 1. The zero-order valence-corrected chi connectivity index (χ0v) is 38.6. The van der Waals surface area contributed by atoms with Crippen LogP contribution in [-0.2, 0) is 54.1 Å². The fourth-order valence-electron chi connectivity index (χ4n) is 5.84. The monoisotopic (exact) mass is 971 g/mol.